The summed E-state index contributed by atoms with van der Waals surface area (Å²) in [5.41, 5.74) is 33.6. The molecule has 0 atom stereocenters. The summed E-state index contributed by atoms with van der Waals surface area (Å²) >= 11 is 0. The van der Waals surface area contributed by atoms with E-state index in [2.05, 4.69) is 136 Å². The third-order valence-electron chi connectivity index (χ3n) is 10.4. The zero-order valence-electron chi connectivity index (χ0n) is 72.3. The Kier molecular flexibility index (Phi) is 180. The standard InChI is InChI=1S/2C16H15NO2.2C6H13NO2.6C3H7NO.C2H5NO.3C2H6.5CH5N.7CH4.3Mn/c2*1-17-16(18)19-10-15-13-8-4-2-6-11(13)12-7-3-5-9-14(12)15;2*1-6(2,3)9-5(8)7-4;6*1-3(5)4-2;1-2(3)4;8*1-2;;;;;;;;;;/h2*2-9,15H,10H2,1H3,(H,17,18);2*1-4H3,(H,7,8);6*1-2H3,(H,4,5);1H3,(H2,3,4);3*1-2H3;5*2H2,1H3;7*1H4;;;/p+2. The summed E-state index contributed by atoms with van der Waals surface area (Å²) < 4.78 is 20.2. The summed E-state index contributed by atoms with van der Waals surface area (Å²) in [6.45, 7) is 33.8. The smallest absolute Gasteiger partial charge is 0.407 e. The minimum absolute atomic E-state index is 0. The van der Waals surface area contributed by atoms with Crippen molar-refractivity contribution in [2.45, 2.75) is 207 Å². The van der Waals surface area contributed by atoms with E-state index in [4.69, 9.17) is 18.9 Å². The van der Waals surface area contributed by atoms with Crippen LogP contribution in [0.2, 0.25) is 0 Å². The van der Waals surface area contributed by atoms with Crippen molar-refractivity contribution in [2.75, 3.05) is 119 Å². The number of hydrogen-bond donors (Lipinski definition) is 16. The van der Waals surface area contributed by atoms with Crippen molar-refractivity contribution < 1.29 is 134 Å². The normalized spacial score (nSPS) is 8.20. The molecule has 0 saturated carbocycles. The number of carbonyl (C=O) groups excluding carboxylic acids is 11. The summed E-state index contributed by atoms with van der Waals surface area (Å²) in [6.07, 6.45) is -1.55. The molecule has 693 valence electrons. The third kappa shape index (κ3) is 116. The van der Waals surface area contributed by atoms with Crippen LogP contribution in [0.5, 0.6) is 0 Å². The van der Waals surface area contributed by atoms with Crippen LogP contribution in [0.3, 0.4) is 0 Å². The molecule has 34 heteroatoms. The van der Waals surface area contributed by atoms with Crippen LogP contribution in [0.4, 0.5) is 19.2 Å². The van der Waals surface area contributed by atoms with Gasteiger partial charge in [-0.3, -0.25) is 33.6 Å². The molecule has 0 bridgehead atoms. The van der Waals surface area contributed by atoms with Crippen molar-refractivity contribution in [3.8, 4) is 22.3 Å². The first-order valence-corrected chi connectivity index (χ1v) is 34.3. The Bertz CT molecular complexity index is 2500. The maximum atomic E-state index is 11.3. The van der Waals surface area contributed by atoms with Crippen LogP contribution in [-0.4, -0.2) is 196 Å². The van der Waals surface area contributed by atoms with E-state index < -0.39 is 0 Å². The molecule has 3 radical (unpaired) electrons. The summed E-state index contributed by atoms with van der Waals surface area (Å²) in [7, 11) is 23.8. The predicted molar refractivity (Wildman–Crippen MR) is 481 cm³/mol. The van der Waals surface area contributed by atoms with E-state index in [1.54, 1.807) is 70.5 Å². The fraction of sp³-hybridized carbons (Fsp3) is 0.573. The quantitative estimate of drug-likeness (QED) is 0.0667. The van der Waals surface area contributed by atoms with Crippen LogP contribution < -0.4 is 87.6 Å². The second kappa shape index (κ2) is 122. The number of benzene rings is 4. The third-order valence-corrected chi connectivity index (χ3v) is 10.4. The molecule has 4 aromatic rings. The molecule has 11 amide bonds. The van der Waals surface area contributed by atoms with Crippen LogP contribution in [0.15, 0.2) is 97.1 Å². The number of amides is 11. The Hall–Kier alpha value is -8.39. The summed E-state index contributed by atoms with van der Waals surface area (Å²) in [4.78, 5) is 111. The zero-order valence-corrected chi connectivity index (χ0v) is 75.8. The van der Waals surface area contributed by atoms with Gasteiger partial charge < -0.3 is 107 Å². The van der Waals surface area contributed by atoms with Gasteiger partial charge in [0.15, 0.2) is 0 Å². The molecule has 4 aromatic carbocycles. The zero-order chi connectivity index (χ0) is 86.8. The molecular formula is C82H176Mn3N16O15+2. The fourth-order valence-electron chi connectivity index (χ4n) is 6.00. The SMILES string of the molecule is C.C.C.C.C.C.C.CC.CC.CC.CC(N)=O.CN.CN.CN.CNC(=O)OC(C)(C)C.CNC(=O)OC(C)(C)C.CNC(=O)OCC1c2ccccc2-c2ccccc21.CNC(=O)OCC1c2ccccc2-c2ccccc21.CNC(C)=O.CNC(C)=O.CNC(C)=O.CNC(C)=O.CNC(C)=O.CNC(C)=O.C[NH3+].C[NH3+].[Mn].[Mn].[Mn]. The molecule has 0 heterocycles. The van der Waals surface area contributed by atoms with Gasteiger partial charge in [-0.25, -0.2) is 19.2 Å². The van der Waals surface area contributed by atoms with E-state index in [-0.39, 0.29) is 192 Å². The molecule has 0 unspecified atom stereocenters. The van der Waals surface area contributed by atoms with E-state index in [1.807, 2.05) is 132 Å². The number of carbonyl (C=O) groups is 11. The van der Waals surface area contributed by atoms with Crippen LogP contribution in [0.1, 0.15) is 218 Å². The Morgan fingerprint density at radius 3 is 0.517 bits per heavy atom. The Morgan fingerprint density at radius 2 is 0.422 bits per heavy atom. The van der Waals surface area contributed by atoms with Gasteiger partial charge >= 0.3 is 24.4 Å². The molecule has 31 nitrogen and oxygen atoms in total. The van der Waals surface area contributed by atoms with Crippen molar-refractivity contribution in [1.29, 1.82) is 0 Å². The molecular weight excluding hydrogens is 1610 g/mol. The molecule has 0 saturated heterocycles. The number of hydrogen-bond acceptors (Lipinski definition) is 18. The average molecular weight is 1790 g/mol. The van der Waals surface area contributed by atoms with E-state index in [0.717, 1.165) is 0 Å². The van der Waals surface area contributed by atoms with Crippen molar-refractivity contribution in [3.05, 3.63) is 119 Å². The first-order valence-electron chi connectivity index (χ1n) is 34.3. The van der Waals surface area contributed by atoms with Gasteiger partial charge in [0.1, 0.15) is 24.4 Å². The Labute approximate surface area is 738 Å². The van der Waals surface area contributed by atoms with Crippen molar-refractivity contribution in [3.63, 3.8) is 0 Å². The second-order valence-electron chi connectivity index (χ2n) is 20.1. The number of alkyl carbamates (subject to hydrolysis) is 4. The van der Waals surface area contributed by atoms with Gasteiger partial charge in [-0.05, 0) is 107 Å². The number of ether oxygens (including phenoxy) is 4. The van der Waals surface area contributed by atoms with Gasteiger partial charge in [0.25, 0.3) is 0 Å². The maximum absolute atomic E-state index is 11.3. The van der Waals surface area contributed by atoms with Gasteiger partial charge in [-0.2, -0.15) is 0 Å². The minimum Gasteiger partial charge on any atom is -0.449 e. The number of nitrogens with two attached hydrogens (primary N) is 4. The van der Waals surface area contributed by atoms with Crippen molar-refractivity contribution in [2.24, 2.45) is 22.9 Å². The number of quaternary nitrogens is 2. The molecule has 24 N–H and O–H groups in total. The molecule has 0 spiro atoms. The first-order chi connectivity index (χ1) is 49.9. The number of fused-ring (bicyclic) bond motifs is 6. The molecule has 0 fully saturated rings. The minimum atomic E-state index is -0.389. The van der Waals surface area contributed by atoms with Gasteiger partial charge in [-0.1, -0.05) is 191 Å². The van der Waals surface area contributed by atoms with Gasteiger partial charge in [0.05, 0.1) is 14.1 Å². The van der Waals surface area contributed by atoms with Gasteiger partial charge in [0.2, 0.25) is 41.4 Å². The molecule has 116 heavy (non-hydrogen) atoms. The molecule has 2 aliphatic rings. The van der Waals surface area contributed by atoms with Crippen molar-refractivity contribution >= 4 is 65.7 Å². The predicted octanol–water partition coefficient (Wildman–Crippen LogP) is 10.6. The fourth-order valence-corrected chi connectivity index (χ4v) is 6.00. The van der Waals surface area contributed by atoms with Crippen LogP contribution >= 0.6 is 0 Å². The number of primary amides is 1. The van der Waals surface area contributed by atoms with E-state index in [1.165, 1.54) is 128 Å². The summed E-state index contributed by atoms with van der Waals surface area (Å²) in [5.74, 6) is -0.0469. The van der Waals surface area contributed by atoms with Crippen molar-refractivity contribution in [1.82, 2.24) is 53.2 Å². The monoisotopic (exact) mass is 1790 g/mol. The Balaban J connectivity index is -0.0000000397. The van der Waals surface area contributed by atoms with Crippen LogP contribution in [0, 0.1) is 0 Å². The average Bonchev–Trinajstić information content (AvgIpc) is 1.63. The maximum Gasteiger partial charge on any atom is 0.407 e. The largest absolute Gasteiger partial charge is 0.449 e. The van der Waals surface area contributed by atoms with Crippen LogP contribution in [0.25, 0.3) is 22.3 Å². The topological polar surface area (TPSA) is 504 Å². The Morgan fingerprint density at radius 1 is 0.302 bits per heavy atom. The first kappa shape index (κ1) is 171. The summed E-state index contributed by atoms with van der Waals surface area (Å²) in [5, 5.41) is 24.0. The second-order valence-corrected chi connectivity index (χ2v) is 20.1. The summed E-state index contributed by atoms with van der Waals surface area (Å²) in [6, 6.07) is 33.2. The van der Waals surface area contributed by atoms with E-state index in [0.29, 0.717) is 13.2 Å². The molecule has 2 aliphatic carbocycles. The van der Waals surface area contributed by atoms with Crippen LogP contribution in [-0.2, 0) is 104 Å². The molecule has 6 rings (SSSR count). The molecule has 0 aromatic heterocycles. The van der Waals surface area contributed by atoms with Gasteiger partial charge in [-0.15, -0.1) is 0 Å². The number of rotatable bonds is 4. The molecule has 0 aliphatic heterocycles. The van der Waals surface area contributed by atoms with E-state index >= 15 is 0 Å². The van der Waals surface area contributed by atoms with E-state index in [9.17, 15) is 52.7 Å². The number of nitrogens with one attached hydrogen (secondary N) is 10. The van der Waals surface area contributed by atoms with Gasteiger partial charge in [0, 0.05) is 182 Å².